The largest absolute Gasteiger partial charge is 0.444 e. The van der Waals surface area contributed by atoms with Crippen LogP contribution < -0.4 is 4.90 Å². The van der Waals surface area contributed by atoms with E-state index in [0.29, 0.717) is 13.1 Å². The van der Waals surface area contributed by atoms with E-state index in [4.69, 9.17) is 4.74 Å². The van der Waals surface area contributed by atoms with E-state index in [-0.39, 0.29) is 31.3 Å². The van der Waals surface area contributed by atoms with Gasteiger partial charge in [0, 0.05) is 44.0 Å². The first-order valence-electron chi connectivity index (χ1n) is 7.62. The van der Waals surface area contributed by atoms with Gasteiger partial charge in [0.1, 0.15) is 5.60 Å². The van der Waals surface area contributed by atoms with Gasteiger partial charge in [-0.25, -0.2) is 4.79 Å². The van der Waals surface area contributed by atoms with Crippen molar-refractivity contribution in [3.63, 3.8) is 0 Å². The minimum Gasteiger partial charge on any atom is -0.444 e. The molecule has 0 unspecified atom stereocenters. The summed E-state index contributed by atoms with van der Waals surface area (Å²) in [6.45, 7) is 6.78. The molecule has 1 fully saturated rings. The molecule has 0 saturated carbocycles. The quantitative estimate of drug-likeness (QED) is 0.615. The van der Waals surface area contributed by atoms with Crippen LogP contribution in [0.25, 0.3) is 0 Å². The van der Waals surface area contributed by atoms with Gasteiger partial charge < -0.3 is 14.5 Å². The van der Waals surface area contributed by atoms with Crippen LogP contribution in [0.1, 0.15) is 27.2 Å². The van der Waals surface area contributed by atoms with E-state index in [9.17, 15) is 14.9 Å². The number of carbonyl (C=O) groups is 1. The summed E-state index contributed by atoms with van der Waals surface area (Å²) < 4.78 is 5.39. The molecule has 0 radical (unpaired) electrons. The molecule has 0 spiro atoms. The molecule has 1 aliphatic heterocycles. The third kappa shape index (κ3) is 5.02. The predicted molar refractivity (Wildman–Crippen MR) is 98.1 cm³/mol. The number of carbonyl (C=O) groups excluding carboxylic acids is 1. The molecule has 7 nitrogen and oxygen atoms in total. The Morgan fingerprint density at radius 3 is 2.42 bits per heavy atom. The van der Waals surface area contributed by atoms with Crippen LogP contribution >= 0.6 is 13.5 Å². The third-order valence-electron chi connectivity index (χ3n) is 3.83. The number of nitro groups is 1. The molecule has 8 heteroatoms. The van der Waals surface area contributed by atoms with Crippen LogP contribution in [0.5, 0.6) is 0 Å². The van der Waals surface area contributed by atoms with Gasteiger partial charge in [0.2, 0.25) is 0 Å². The highest BCUT2D eigenvalue weighted by molar-refractivity contribution is 7.59. The van der Waals surface area contributed by atoms with Crippen molar-refractivity contribution in [1.29, 1.82) is 0 Å². The van der Waals surface area contributed by atoms with Crippen LogP contribution in [-0.2, 0) is 4.74 Å². The third-order valence-corrected chi connectivity index (χ3v) is 3.83. The fourth-order valence-corrected chi connectivity index (χ4v) is 2.57. The second-order valence-corrected chi connectivity index (χ2v) is 6.75. The fraction of sp³-hybridized carbons (Fsp3) is 0.562. The Balaban J connectivity index is 0.00000288. The first-order chi connectivity index (χ1) is 10.7. The summed E-state index contributed by atoms with van der Waals surface area (Å²) in [6, 6.07) is 6.62. The highest BCUT2D eigenvalue weighted by Gasteiger charge is 2.31. The standard InChI is InChI=1S/C16H23N3O4.H2S/c1-16(2,3)23-15(20)18-10-9-14(11-18)17(4)12-5-7-13(8-6-12)19(21)22;/h5-8,14H,9-11H2,1-4H3;1H2/t14-;/m0./s1. The van der Waals surface area contributed by atoms with Crippen molar-refractivity contribution in [3.8, 4) is 0 Å². The van der Waals surface area contributed by atoms with Gasteiger partial charge in [-0.15, -0.1) is 0 Å². The van der Waals surface area contributed by atoms with Crippen LogP contribution in [0, 0.1) is 10.1 Å². The van der Waals surface area contributed by atoms with Gasteiger partial charge in [-0.2, -0.15) is 13.5 Å². The van der Waals surface area contributed by atoms with E-state index in [0.717, 1.165) is 12.1 Å². The number of amides is 1. The maximum atomic E-state index is 12.1. The number of hydrogen-bond acceptors (Lipinski definition) is 5. The molecule has 1 amide bonds. The van der Waals surface area contributed by atoms with Gasteiger partial charge in [0.05, 0.1) is 4.92 Å². The summed E-state index contributed by atoms with van der Waals surface area (Å²) in [7, 11) is 1.93. The number of likely N-dealkylation sites (N-methyl/N-ethyl adjacent to an activating group) is 1. The van der Waals surface area contributed by atoms with E-state index in [1.54, 1.807) is 17.0 Å². The van der Waals surface area contributed by atoms with Crippen molar-refractivity contribution in [1.82, 2.24) is 4.90 Å². The van der Waals surface area contributed by atoms with E-state index >= 15 is 0 Å². The second kappa shape index (κ2) is 7.74. The van der Waals surface area contributed by atoms with E-state index in [2.05, 4.69) is 0 Å². The number of ether oxygens (including phenoxy) is 1. The first kappa shape index (κ1) is 20.1. The summed E-state index contributed by atoms with van der Waals surface area (Å²) in [4.78, 5) is 26.1. The number of nitrogens with zero attached hydrogens (tertiary/aromatic N) is 3. The van der Waals surface area contributed by atoms with Gasteiger partial charge in [0.15, 0.2) is 0 Å². The number of anilines is 1. The number of likely N-dealkylation sites (tertiary alicyclic amines) is 1. The smallest absolute Gasteiger partial charge is 0.410 e. The Morgan fingerprint density at radius 1 is 1.33 bits per heavy atom. The maximum Gasteiger partial charge on any atom is 0.410 e. The van der Waals surface area contributed by atoms with Crippen molar-refractivity contribution >= 4 is 31.0 Å². The molecule has 0 bridgehead atoms. The van der Waals surface area contributed by atoms with Crippen LogP contribution in [0.2, 0.25) is 0 Å². The summed E-state index contributed by atoms with van der Waals surface area (Å²) in [6.07, 6.45) is 0.546. The molecule has 0 aromatic heterocycles. The lowest BCUT2D eigenvalue weighted by atomic mass is 10.2. The fourth-order valence-electron chi connectivity index (χ4n) is 2.57. The topological polar surface area (TPSA) is 75.9 Å². The van der Waals surface area contributed by atoms with Crippen LogP contribution in [0.15, 0.2) is 24.3 Å². The van der Waals surface area contributed by atoms with Crippen molar-refractivity contribution in [2.75, 3.05) is 25.0 Å². The second-order valence-electron chi connectivity index (χ2n) is 6.75. The summed E-state index contributed by atoms with van der Waals surface area (Å²) in [5, 5.41) is 10.7. The molecule has 1 heterocycles. The molecule has 0 N–H and O–H groups in total. The number of nitro benzene ring substituents is 1. The zero-order valence-corrected chi connectivity index (χ0v) is 15.5. The highest BCUT2D eigenvalue weighted by Crippen LogP contribution is 2.24. The molecule has 1 atom stereocenters. The minimum absolute atomic E-state index is 0. The Hall–Kier alpha value is -1.96. The lowest BCUT2D eigenvalue weighted by Gasteiger charge is -2.28. The monoisotopic (exact) mass is 355 g/mol. The molecule has 24 heavy (non-hydrogen) atoms. The molecule has 0 aliphatic carbocycles. The molecule has 134 valence electrons. The van der Waals surface area contributed by atoms with E-state index in [1.165, 1.54) is 12.1 Å². The van der Waals surface area contributed by atoms with Crippen molar-refractivity contribution in [2.24, 2.45) is 0 Å². The molecule has 1 aromatic carbocycles. The normalized spacial score (nSPS) is 17.2. The minimum atomic E-state index is -0.501. The Morgan fingerprint density at radius 2 is 1.92 bits per heavy atom. The van der Waals surface area contributed by atoms with Crippen LogP contribution in [0.4, 0.5) is 16.2 Å². The Labute approximate surface area is 149 Å². The number of rotatable bonds is 3. The zero-order chi connectivity index (χ0) is 17.2. The van der Waals surface area contributed by atoms with E-state index < -0.39 is 10.5 Å². The summed E-state index contributed by atoms with van der Waals surface area (Å²) in [5.74, 6) is 0. The van der Waals surface area contributed by atoms with Gasteiger partial charge >= 0.3 is 6.09 Å². The first-order valence-corrected chi connectivity index (χ1v) is 7.62. The van der Waals surface area contributed by atoms with Gasteiger partial charge in [-0.05, 0) is 39.3 Å². The van der Waals surface area contributed by atoms with Crippen molar-refractivity contribution < 1.29 is 14.5 Å². The number of non-ortho nitro benzene ring substituents is 1. The van der Waals surface area contributed by atoms with E-state index in [1.807, 2.05) is 32.7 Å². The SMILES string of the molecule is CN(c1ccc([N+](=O)[O-])cc1)[C@H]1CCN(C(=O)OC(C)(C)C)C1.S. The molecular formula is C16H25N3O4S. The van der Waals surface area contributed by atoms with Crippen molar-refractivity contribution in [2.45, 2.75) is 38.8 Å². The Kier molecular flexibility index (Phi) is 6.48. The van der Waals surface area contributed by atoms with Crippen LogP contribution in [-0.4, -0.2) is 47.7 Å². The van der Waals surface area contributed by atoms with Gasteiger partial charge in [-0.3, -0.25) is 10.1 Å². The molecule has 1 aliphatic rings. The van der Waals surface area contributed by atoms with Gasteiger partial charge in [0.25, 0.3) is 5.69 Å². The zero-order valence-electron chi connectivity index (χ0n) is 14.5. The van der Waals surface area contributed by atoms with Crippen molar-refractivity contribution in [3.05, 3.63) is 34.4 Å². The maximum absolute atomic E-state index is 12.1. The molecule has 2 rings (SSSR count). The van der Waals surface area contributed by atoms with Crippen LogP contribution in [0.3, 0.4) is 0 Å². The number of hydrogen-bond donors (Lipinski definition) is 0. The average Bonchev–Trinajstić information content (AvgIpc) is 2.94. The lowest BCUT2D eigenvalue weighted by molar-refractivity contribution is -0.384. The molecule has 1 saturated heterocycles. The highest BCUT2D eigenvalue weighted by atomic mass is 32.1. The summed E-state index contributed by atoms with van der Waals surface area (Å²) in [5.41, 5.74) is 0.468. The predicted octanol–water partition coefficient (Wildman–Crippen LogP) is 3.15. The van der Waals surface area contributed by atoms with Gasteiger partial charge in [-0.1, -0.05) is 0 Å². The molecular weight excluding hydrogens is 330 g/mol. The Bertz CT molecular complexity index is 586. The average molecular weight is 355 g/mol. The lowest BCUT2D eigenvalue weighted by Crippen LogP contribution is -2.39. The summed E-state index contributed by atoms with van der Waals surface area (Å²) >= 11 is 0. The number of benzene rings is 1. The molecule has 1 aromatic rings.